The van der Waals surface area contributed by atoms with Crippen LogP contribution in [0.25, 0.3) is 0 Å². The van der Waals surface area contributed by atoms with Gasteiger partial charge >= 0.3 is 0 Å². The minimum Gasteiger partial charge on any atom is -0.484 e. The molecule has 0 aliphatic heterocycles. The molecule has 0 fully saturated rings. The van der Waals surface area contributed by atoms with Crippen LogP contribution in [0.15, 0.2) is 40.9 Å². The second-order valence-electron chi connectivity index (χ2n) is 5.48. The fourth-order valence-corrected chi connectivity index (χ4v) is 2.64. The maximum Gasteiger partial charge on any atom is 0.258 e. The van der Waals surface area contributed by atoms with E-state index in [0.29, 0.717) is 16.5 Å². The van der Waals surface area contributed by atoms with Gasteiger partial charge in [0.2, 0.25) is 5.91 Å². The van der Waals surface area contributed by atoms with E-state index in [0.717, 1.165) is 15.6 Å². The summed E-state index contributed by atoms with van der Waals surface area (Å²) >= 11 is 9.30. The molecule has 0 spiro atoms. The third-order valence-corrected chi connectivity index (χ3v) is 4.33. The Morgan fingerprint density at radius 2 is 1.84 bits per heavy atom. The molecule has 25 heavy (non-hydrogen) atoms. The zero-order valence-electron chi connectivity index (χ0n) is 13.9. The van der Waals surface area contributed by atoms with Gasteiger partial charge in [-0.3, -0.25) is 9.59 Å². The largest absolute Gasteiger partial charge is 0.484 e. The number of aryl methyl sites for hydroxylation is 2. The molecule has 7 heteroatoms. The average molecular weight is 426 g/mol. The molecule has 5 nitrogen and oxygen atoms in total. The Balaban J connectivity index is 1.77. The van der Waals surface area contributed by atoms with Crippen molar-refractivity contribution < 1.29 is 14.3 Å². The lowest BCUT2D eigenvalue weighted by atomic mass is 10.2. The molecule has 0 aliphatic rings. The Hall–Kier alpha value is -2.05. The van der Waals surface area contributed by atoms with Crippen molar-refractivity contribution in [2.24, 2.45) is 0 Å². The molecule has 2 amide bonds. The molecule has 2 aromatic carbocycles. The lowest BCUT2D eigenvalue weighted by molar-refractivity contribution is -0.125. The van der Waals surface area contributed by atoms with Gasteiger partial charge in [0, 0.05) is 15.2 Å². The SMILES string of the molecule is Cc1cc(OCC(=O)NCC(=O)Nc2ccc(Br)cc2C)ccc1Cl. The number of amides is 2. The van der Waals surface area contributed by atoms with Crippen LogP contribution in [0.4, 0.5) is 5.69 Å². The third-order valence-electron chi connectivity index (χ3n) is 3.41. The summed E-state index contributed by atoms with van der Waals surface area (Å²) in [5.74, 6) is -0.136. The molecule has 2 N–H and O–H groups in total. The van der Waals surface area contributed by atoms with Crippen LogP contribution in [0.5, 0.6) is 5.75 Å². The highest BCUT2D eigenvalue weighted by Crippen LogP contribution is 2.21. The molecule has 2 rings (SSSR count). The zero-order chi connectivity index (χ0) is 18.4. The van der Waals surface area contributed by atoms with Crippen molar-refractivity contribution in [3.05, 3.63) is 57.0 Å². The van der Waals surface area contributed by atoms with Gasteiger partial charge in [0.15, 0.2) is 6.61 Å². The molecule has 0 aromatic heterocycles. The maximum absolute atomic E-state index is 11.9. The average Bonchev–Trinajstić information content (AvgIpc) is 2.56. The van der Waals surface area contributed by atoms with Crippen LogP contribution in [0.2, 0.25) is 5.02 Å². The van der Waals surface area contributed by atoms with Crippen LogP contribution in [0.3, 0.4) is 0 Å². The summed E-state index contributed by atoms with van der Waals surface area (Å²) < 4.78 is 6.31. The summed E-state index contributed by atoms with van der Waals surface area (Å²) in [6, 6.07) is 10.7. The second kappa shape index (κ2) is 8.87. The van der Waals surface area contributed by atoms with Crippen molar-refractivity contribution in [3.63, 3.8) is 0 Å². The molecule has 0 aliphatic carbocycles. The van der Waals surface area contributed by atoms with Gasteiger partial charge in [-0.15, -0.1) is 0 Å². The number of nitrogens with one attached hydrogen (secondary N) is 2. The van der Waals surface area contributed by atoms with Crippen LogP contribution >= 0.6 is 27.5 Å². The lowest BCUT2D eigenvalue weighted by Gasteiger charge is -2.10. The first-order valence-electron chi connectivity index (χ1n) is 7.57. The number of benzene rings is 2. The topological polar surface area (TPSA) is 67.4 Å². The first-order valence-corrected chi connectivity index (χ1v) is 8.74. The van der Waals surface area contributed by atoms with Crippen LogP contribution in [-0.2, 0) is 9.59 Å². The molecule has 0 heterocycles. The first kappa shape index (κ1) is 19.3. The minimum absolute atomic E-state index is 0.128. The number of hydrogen-bond acceptors (Lipinski definition) is 3. The van der Waals surface area contributed by atoms with Gasteiger partial charge < -0.3 is 15.4 Å². The van der Waals surface area contributed by atoms with Crippen molar-refractivity contribution in [1.29, 1.82) is 0 Å². The van der Waals surface area contributed by atoms with E-state index in [9.17, 15) is 9.59 Å². The quantitative estimate of drug-likeness (QED) is 0.738. The molecule has 2 aromatic rings. The summed E-state index contributed by atoms with van der Waals surface area (Å²) in [5, 5.41) is 5.90. The Morgan fingerprint density at radius 3 is 2.52 bits per heavy atom. The van der Waals surface area contributed by atoms with E-state index in [1.165, 1.54) is 0 Å². The van der Waals surface area contributed by atoms with Crippen molar-refractivity contribution >= 4 is 45.0 Å². The Labute approximate surface area is 159 Å². The van der Waals surface area contributed by atoms with Crippen molar-refractivity contribution in [2.75, 3.05) is 18.5 Å². The smallest absolute Gasteiger partial charge is 0.258 e. The van der Waals surface area contributed by atoms with E-state index in [1.807, 2.05) is 26.0 Å². The van der Waals surface area contributed by atoms with Gasteiger partial charge in [0.05, 0.1) is 6.54 Å². The number of ether oxygens (including phenoxy) is 1. The van der Waals surface area contributed by atoms with Crippen LogP contribution in [0, 0.1) is 13.8 Å². The highest BCUT2D eigenvalue weighted by molar-refractivity contribution is 9.10. The van der Waals surface area contributed by atoms with Crippen molar-refractivity contribution in [3.8, 4) is 5.75 Å². The van der Waals surface area contributed by atoms with Crippen LogP contribution in [-0.4, -0.2) is 25.0 Å². The predicted octanol–water partition coefficient (Wildman–Crippen LogP) is 3.85. The van der Waals surface area contributed by atoms with E-state index >= 15 is 0 Å². The van der Waals surface area contributed by atoms with Crippen molar-refractivity contribution in [2.45, 2.75) is 13.8 Å². The highest BCUT2D eigenvalue weighted by atomic mass is 79.9. The van der Waals surface area contributed by atoms with Crippen molar-refractivity contribution in [1.82, 2.24) is 5.32 Å². The Kier molecular flexibility index (Phi) is 6.84. The number of rotatable bonds is 6. The number of hydrogen-bond donors (Lipinski definition) is 2. The molecular formula is C18H18BrClN2O3. The van der Waals surface area contributed by atoms with Gasteiger partial charge in [0.1, 0.15) is 5.75 Å². The molecule has 0 unspecified atom stereocenters. The summed E-state index contributed by atoms with van der Waals surface area (Å²) in [4.78, 5) is 23.7. The summed E-state index contributed by atoms with van der Waals surface area (Å²) in [5.41, 5.74) is 2.50. The Morgan fingerprint density at radius 1 is 1.08 bits per heavy atom. The first-order chi connectivity index (χ1) is 11.8. The van der Waals surface area contributed by atoms with Gasteiger partial charge in [-0.1, -0.05) is 27.5 Å². The molecule has 0 bridgehead atoms. The standard InChI is InChI=1S/C18H18BrClN2O3/c1-11-8-14(4-5-15(11)20)25-10-18(24)21-9-17(23)22-16-6-3-13(19)7-12(16)2/h3-8H,9-10H2,1-2H3,(H,21,24)(H,22,23). The van der Waals surface area contributed by atoms with Gasteiger partial charge in [0.25, 0.3) is 5.91 Å². The molecular weight excluding hydrogens is 408 g/mol. The third kappa shape index (κ3) is 6.07. The number of carbonyl (C=O) groups excluding carboxylic acids is 2. The number of anilines is 1. The van der Waals surface area contributed by atoms with Crippen LogP contribution < -0.4 is 15.4 Å². The molecule has 0 saturated carbocycles. The zero-order valence-corrected chi connectivity index (χ0v) is 16.2. The molecule has 132 valence electrons. The molecule has 0 atom stereocenters. The maximum atomic E-state index is 11.9. The monoisotopic (exact) mass is 424 g/mol. The highest BCUT2D eigenvalue weighted by Gasteiger charge is 2.09. The minimum atomic E-state index is -0.379. The van der Waals surface area contributed by atoms with Crippen LogP contribution in [0.1, 0.15) is 11.1 Å². The van der Waals surface area contributed by atoms with Gasteiger partial charge in [-0.05, 0) is 61.4 Å². The normalized spacial score (nSPS) is 10.2. The fourth-order valence-electron chi connectivity index (χ4n) is 2.05. The fraction of sp³-hybridized carbons (Fsp3) is 0.222. The van der Waals surface area contributed by atoms with E-state index in [-0.39, 0.29) is 25.0 Å². The molecule has 0 radical (unpaired) electrons. The Bertz CT molecular complexity index is 796. The summed E-state index contributed by atoms with van der Waals surface area (Å²) in [6.45, 7) is 3.44. The van der Waals surface area contributed by atoms with E-state index in [2.05, 4.69) is 26.6 Å². The van der Waals surface area contributed by atoms with E-state index in [4.69, 9.17) is 16.3 Å². The lowest BCUT2D eigenvalue weighted by Crippen LogP contribution is -2.35. The predicted molar refractivity (Wildman–Crippen MR) is 102 cm³/mol. The van der Waals surface area contributed by atoms with Gasteiger partial charge in [-0.25, -0.2) is 0 Å². The molecule has 0 saturated heterocycles. The number of carbonyl (C=O) groups is 2. The van der Waals surface area contributed by atoms with E-state index in [1.54, 1.807) is 24.3 Å². The summed E-state index contributed by atoms with van der Waals surface area (Å²) in [7, 11) is 0. The van der Waals surface area contributed by atoms with Gasteiger partial charge in [-0.2, -0.15) is 0 Å². The second-order valence-corrected chi connectivity index (χ2v) is 6.81. The summed E-state index contributed by atoms with van der Waals surface area (Å²) in [6.07, 6.45) is 0. The van der Waals surface area contributed by atoms with E-state index < -0.39 is 0 Å². The number of halogens is 2.